The molecule has 0 spiro atoms. The van der Waals surface area contributed by atoms with Gasteiger partial charge in [0.25, 0.3) is 0 Å². The third kappa shape index (κ3) is 59.7. The van der Waals surface area contributed by atoms with Gasteiger partial charge in [0.1, 0.15) is 13.2 Å². The van der Waals surface area contributed by atoms with E-state index in [9.17, 15) is 14.4 Å². The zero-order valence-electron chi connectivity index (χ0n) is 49.1. The first-order valence-electron chi connectivity index (χ1n) is 31.9. The normalized spacial score (nSPS) is 12.5. The molecule has 0 amide bonds. The molecule has 0 aliphatic heterocycles. The number of esters is 3. The molecule has 0 fully saturated rings. The number of carbonyl (C=O) groups excluding carboxylic acids is 3. The Morgan fingerprint density at radius 2 is 0.527 bits per heavy atom. The first-order valence-corrected chi connectivity index (χ1v) is 31.9. The van der Waals surface area contributed by atoms with Crippen molar-refractivity contribution in [1.82, 2.24) is 0 Å². The second kappa shape index (κ2) is 62.4. The van der Waals surface area contributed by atoms with Crippen molar-refractivity contribution in [2.75, 3.05) is 13.2 Å². The van der Waals surface area contributed by atoms with Crippen LogP contribution in [0.4, 0.5) is 0 Å². The van der Waals surface area contributed by atoms with Gasteiger partial charge in [-0.15, -0.1) is 0 Å². The van der Waals surface area contributed by atoms with E-state index in [1.165, 1.54) is 161 Å². The number of ether oxygens (including phenoxy) is 3. The monoisotopic (exact) mass is 1030 g/mol. The van der Waals surface area contributed by atoms with Gasteiger partial charge in [0.15, 0.2) is 6.10 Å². The molecule has 428 valence electrons. The van der Waals surface area contributed by atoms with E-state index in [4.69, 9.17) is 14.2 Å². The van der Waals surface area contributed by atoms with Crippen molar-refractivity contribution in [3.05, 3.63) is 72.9 Å². The van der Waals surface area contributed by atoms with E-state index in [2.05, 4.69) is 93.7 Å². The highest BCUT2D eigenvalue weighted by Crippen LogP contribution is 2.18. The van der Waals surface area contributed by atoms with Gasteiger partial charge in [-0.1, -0.05) is 293 Å². The maximum Gasteiger partial charge on any atom is 0.306 e. The van der Waals surface area contributed by atoms with E-state index in [1.807, 2.05) is 0 Å². The van der Waals surface area contributed by atoms with Crippen LogP contribution in [0.15, 0.2) is 72.9 Å². The van der Waals surface area contributed by atoms with E-state index in [1.54, 1.807) is 0 Å². The molecule has 6 nitrogen and oxygen atoms in total. The Bertz CT molecular complexity index is 1370. The highest BCUT2D eigenvalue weighted by molar-refractivity contribution is 5.71. The molecule has 0 rings (SSSR count). The maximum absolute atomic E-state index is 12.9. The standard InChI is InChI=1S/C68H120O6/c1-4-7-10-13-16-19-22-25-27-28-29-30-31-32-33-34-35-36-37-38-39-41-43-46-49-52-55-58-61-67(70)73-64-65(63-72-66(69)60-57-54-51-48-45-42-24-21-18-15-12-9-6-3)74-68(71)62-59-56-53-50-47-44-40-26-23-20-17-14-11-8-5-2/h8-9,11-12,17-18,20-21,26,40,42,45,65H,4-7,10,13-16,19,22-25,27-39,41,43-44,46-64H2,1-3H3/b11-8-,12-9-,20-17-,21-18-,40-26-,45-42-. The van der Waals surface area contributed by atoms with Crippen molar-refractivity contribution in [2.45, 2.75) is 329 Å². The van der Waals surface area contributed by atoms with E-state index in [0.29, 0.717) is 19.3 Å². The highest BCUT2D eigenvalue weighted by Gasteiger charge is 2.19. The Morgan fingerprint density at radius 1 is 0.284 bits per heavy atom. The Hall–Kier alpha value is -3.15. The number of hydrogen-bond donors (Lipinski definition) is 0. The first-order chi connectivity index (χ1) is 36.5. The van der Waals surface area contributed by atoms with Crippen molar-refractivity contribution in [3.63, 3.8) is 0 Å². The Balaban J connectivity index is 4.20. The average Bonchev–Trinajstić information content (AvgIpc) is 3.40. The largest absolute Gasteiger partial charge is 0.462 e. The topological polar surface area (TPSA) is 78.9 Å². The minimum absolute atomic E-state index is 0.0897. The van der Waals surface area contributed by atoms with Crippen LogP contribution in [0.1, 0.15) is 323 Å². The van der Waals surface area contributed by atoms with Crippen molar-refractivity contribution in [1.29, 1.82) is 0 Å². The molecule has 0 aromatic carbocycles. The summed E-state index contributed by atoms with van der Waals surface area (Å²) in [6.07, 6.45) is 80.8. The first kappa shape index (κ1) is 70.8. The van der Waals surface area contributed by atoms with Gasteiger partial charge in [0.2, 0.25) is 0 Å². The maximum atomic E-state index is 12.9. The quantitative estimate of drug-likeness (QED) is 0.0261. The molecule has 74 heavy (non-hydrogen) atoms. The van der Waals surface area contributed by atoms with Crippen LogP contribution in [-0.2, 0) is 28.6 Å². The van der Waals surface area contributed by atoms with Crippen LogP contribution in [0.3, 0.4) is 0 Å². The van der Waals surface area contributed by atoms with Gasteiger partial charge in [-0.25, -0.2) is 0 Å². The Labute approximate surface area is 459 Å². The molecule has 6 heteroatoms. The summed E-state index contributed by atoms with van der Waals surface area (Å²) >= 11 is 0. The SMILES string of the molecule is CC/C=C\C/C=C\C/C=C\CCCCCCCC(=O)OC(COC(=O)CCCCC/C=C\C/C=C\C/C=C\CC)COC(=O)CCCCCCCCCCCCCCCCCCCCCCCCCCCCCC. The molecule has 0 bridgehead atoms. The van der Waals surface area contributed by atoms with Gasteiger partial charge < -0.3 is 14.2 Å². The molecule has 0 aliphatic carbocycles. The number of carbonyl (C=O) groups is 3. The molecular weight excluding hydrogens is 913 g/mol. The molecular formula is C68H120O6. The molecule has 0 saturated carbocycles. The van der Waals surface area contributed by atoms with Crippen molar-refractivity contribution in [3.8, 4) is 0 Å². The van der Waals surface area contributed by atoms with Crippen LogP contribution in [0.25, 0.3) is 0 Å². The molecule has 0 aliphatic rings. The van der Waals surface area contributed by atoms with Gasteiger partial charge in [-0.2, -0.15) is 0 Å². The molecule has 0 saturated heterocycles. The average molecular weight is 1030 g/mol. The van der Waals surface area contributed by atoms with E-state index in [-0.39, 0.29) is 31.1 Å². The van der Waals surface area contributed by atoms with Crippen LogP contribution in [0.2, 0.25) is 0 Å². The molecule has 0 radical (unpaired) electrons. The molecule has 0 N–H and O–H groups in total. The summed E-state index contributed by atoms with van der Waals surface area (Å²) in [6.45, 7) is 6.41. The summed E-state index contributed by atoms with van der Waals surface area (Å²) in [7, 11) is 0. The summed E-state index contributed by atoms with van der Waals surface area (Å²) in [5.74, 6) is -0.925. The summed E-state index contributed by atoms with van der Waals surface area (Å²) in [4.78, 5) is 38.2. The summed E-state index contributed by atoms with van der Waals surface area (Å²) < 4.78 is 16.9. The molecule has 1 unspecified atom stereocenters. The van der Waals surface area contributed by atoms with Gasteiger partial charge in [-0.05, 0) is 83.5 Å². The minimum atomic E-state index is -0.796. The molecule has 0 heterocycles. The number of unbranched alkanes of at least 4 members (excludes halogenated alkanes) is 35. The Morgan fingerprint density at radius 3 is 0.838 bits per heavy atom. The summed E-state index contributed by atoms with van der Waals surface area (Å²) in [5, 5.41) is 0. The van der Waals surface area contributed by atoms with Crippen molar-refractivity contribution < 1.29 is 28.6 Å². The lowest BCUT2D eigenvalue weighted by atomic mass is 10.0. The van der Waals surface area contributed by atoms with Crippen LogP contribution in [0, 0.1) is 0 Å². The zero-order valence-corrected chi connectivity index (χ0v) is 49.1. The minimum Gasteiger partial charge on any atom is -0.462 e. The third-order valence-corrected chi connectivity index (χ3v) is 14.0. The molecule has 1 atom stereocenters. The number of hydrogen-bond acceptors (Lipinski definition) is 6. The third-order valence-electron chi connectivity index (χ3n) is 14.0. The lowest BCUT2D eigenvalue weighted by Gasteiger charge is -2.18. The van der Waals surface area contributed by atoms with Crippen LogP contribution in [0.5, 0.6) is 0 Å². The van der Waals surface area contributed by atoms with E-state index in [0.717, 1.165) is 122 Å². The lowest BCUT2D eigenvalue weighted by Crippen LogP contribution is -2.30. The van der Waals surface area contributed by atoms with Gasteiger partial charge in [-0.3, -0.25) is 14.4 Å². The molecule has 0 aromatic rings. The fraction of sp³-hybridized carbons (Fsp3) is 0.779. The van der Waals surface area contributed by atoms with Crippen LogP contribution < -0.4 is 0 Å². The lowest BCUT2D eigenvalue weighted by molar-refractivity contribution is -0.167. The van der Waals surface area contributed by atoms with Gasteiger partial charge in [0, 0.05) is 19.3 Å². The smallest absolute Gasteiger partial charge is 0.306 e. The number of allylic oxidation sites excluding steroid dienone is 12. The second-order valence-corrected chi connectivity index (χ2v) is 21.3. The van der Waals surface area contributed by atoms with Crippen molar-refractivity contribution in [2.24, 2.45) is 0 Å². The highest BCUT2D eigenvalue weighted by atomic mass is 16.6. The Kier molecular flexibility index (Phi) is 59.7. The second-order valence-electron chi connectivity index (χ2n) is 21.3. The van der Waals surface area contributed by atoms with Crippen molar-refractivity contribution >= 4 is 17.9 Å². The van der Waals surface area contributed by atoms with E-state index < -0.39 is 6.10 Å². The van der Waals surface area contributed by atoms with Crippen LogP contribution in [-0.4, -0.2) is 37.2 Å². The fourth-order valence-electron chi connectivity index (χ4n) is 9.24. The van der Waals surface area contributed by atoms with Gasteiger partial charge in [0.05, 0.1) is 0 Å². The predicted octanol–water partition coefficient (Wildman–Crippen LogP) is 21.7. The summed E-state index contributed by atoms with van der Waals surface area (Å²) in [6, 6.07) is 0. The van der Waals surface area contributed by atoms with Crippen LogP contribution >= 0.6 is 0 Å². The summed E-state index contributed by atoms with van der Waals surface area (Å²) in [5.41, 5.74) is 0. The predicted molar refractivity (Wildman–Crippen MR) is 321 cm³/mol. The van der Waals surface area contributed by atoms with E-state index >= 15 is 0 Å². The fourth-order valence-corrected chi connectivity index (χ4v) is 9.24. The van der Waals surface area contributed by atoms with Gasteiger partial charge >= 0.3 is 17.9 Å². The zero-order chi connectivity index (χ0) is 53.6. The number of rotatable bonds is 58. The molecule has 0 aromatic heterocycles.